The van der Waals surface area contributed by atoms with E-state index < -0.39 is 27.2 Å². The summed E-state index contributed by atoms with van der Waals surface area (Å²) in [5.74, 6) is -1.91. The van der Waals surface area contributed by atoms with Crippen LogP contribution in [0.5, 0.6) is 0 Å². The number of carbonyl (C=O) groups is 2. The summed E-state index contributed by atoms with van der Waals surface area (Å²) in [6.07, 6.45) is 0. The maximum Gasteiger partial charge on any atom is 0.337 e. The van der Waals surface area contributed by atoms with Gasteiger partial charge in [-0.1, -0.05) is 12.1 Å². The Labute approximate surface area is 116 Å². The quantitative estimate of drug-likeness (QED) is 0.734. The molecule has 0 aromatic heterocycles. The van der Waals surface area contributed by atoms with Crippen LogP contribution < -0.4 is 4.72 Å². The van der Waals surface area contributed by atoms with Gasteiger partial charge in [0.1, 0.15) is 0 Å². The molecule has 1 aromatic rings. The van der Waals surface area contributed by atoms with Gasteiger partial charge < -0.3 is 9.84 Å². The number of carboxylic acids is 1. The molecule has 0 aliphatic rings. The van der Waals surface area contributed by atoms with E-state index in [1.54, 1.807) is 12.1 Å². The first kappa shape index (κ1) is 16.1. The number of hydrogen-bond donors (Lipinski definition) is 2. The third-order valence-electron chi connectivity index (χ3n) is 2.67. The lowest BCUT2D eigenvalue weighted by atomic mass is 10.1. The van der Waals surface area contributed by atoms with E-state index in [0.29, 0.717) is 11.1 Å². The summed E-state index contributed by atoms with van der Waals surface area (Å²) in [6, 6.07) is 6.10. The molecule has 0 saturated heterocycles. The van der Waals surface area contributed by atoms with Gasteiger partial charge in [0.05, 0.1) is 12.7 Å². The maximum atomic E-state index is 11.6. The summed E-state index contributed by atoms with van der Waals surface area (Å²) in [7, 11) is -2.67. The lowest BCUT2D eigenvalue weighted by molar-refractivity contribution is -0.136. The second-order valence-corrected chi connectivity index (χ2v) is 6.12. The highest BCUT2D eigenvalue weighted by Crippen LogP contribution is 2.07. The van der Waals surface area contributed by atoms with Gasteiger partial charge in [-0.25, -0.2) is 17.9 Å². The van der Waals surface area contributed by atoms with Crippen molar-refractivity contribution in [2.75, 3.05) is 7.11 Å². The third kappa shape index (κ3) is 4.04. The second kappa shape index (κ2) is 6.49. The molecule has 1 atom stereocenters. The van der Waals surface area contributed by atoms with Gasteiger partial charge in [0.15, 0.2) is 5.25 Å². The molecule has 0 aliphatic heterocycles. The number of carbonyl (C=O) groups excluding carboxylic acids is 1. The monoisotopic (exact) mass is 301 g/mol. The lowest BCUT2D eigenvalue weighted by Crippen LogP contribution is -2.37. The molecule has 110 valence electrons. The number of carboxylic acid groups (broad SMARTS) is 1. The van der Waals surface area contributed by atoms with Crippen LogP contribution in [-0.2, 0) is 26.1 Å². The topological polar surface area (TPSA) is 110 Å². The molecular formula is C12H15NO6S. The summed E-state index contributed by atoms with van der Waals surface area (Å²) in [5.41, 5.74) is 0.942. The number of nitrogens with one attached hydrogen (secondary N) is 1. The minimum Gasteiger partial charge on any atom is -0.480 e. The Hall–Kier alpha value is -1.93. The van der Waals surface area contributed by atoms with Crippen LogP contribution in [-0.4, -0.2) is 37.8 Å². The second-order valence-electron chi connectivity index (χ2n) is 4.04. The fourth-order valence-corrected chi connectivity index (χ4v) is 2.20. The number of esters is 1. The third-order valence-corrected chi connectivity index (χ3v) is 4.34. The van der Waals surface area contributed by atoms with Crippen LogP contribution in [0.1, 0.15) is 22.8 Å². The molecule has 0 aliphatic carbocycles. The minimum atomic E-state index is -3.93. The number of methoxy groups -OCH3 is 1. The van der Waals surface area contributed by atoms with Crippen LogP contribution >= 0.6 is 0 Å². The Balaban J connectivity index is 2.71. The van der Waals surface area contributed by atoms with Crippen molar-refractivity contribution in [1.29, 1.82) is 0 Å². The van der Waals surface area contributed by atoms with Crippen LogP contribution in [0.15, 0.2) is 24.3 Å². The first-order valence-corrected chi connectivity index (χ1v) is 7.21. The molecule has 1 rings (SSSR count). The molecule has 0 amide bonds. The van der Waals surface area contributed by atoms with Crippen molar-refractivity contribution in [2.24, 2.45) is 0 Å². The van der Waals surface area contributed by atoms with Gasteiger partial charge in [-0.2, -0.15) is 0 Å². The van der Waals surface area contributed by atoms with E-state index in [-0.39, 0.29) is 6.54 Å². The zero-order chi connectivity index (χ0) is 15.3. The molecular weight excluding hydrogens is 286 g/mol. The zero-order valence-corrected chi connectivity index (χ0v) is 11.8. The highest BCUT2D eigenvalue weighted by molar-refractivity contribution is 7.90. The van der Waals surface area contributed by atoms with Crippen molar-refractivity contribution in [3.63, 3.8) is 0 Å². The van der Waals surface area contributed by atoms with Crippen molar-refractivity contribution < 1.29 is 27.9 Å². The predicted octanol–water partition coefficient (Wildman–Crippen LogP) is 0.366. The number of rotatable bonds is 6. The molecule has 1 unspecified atom stereocenters. The molecule has 7 nitrogen and oxygen atoms in total. The van der Waals surface area contributed by atoms with E-state index in [1.165, 1.54) is 19.2 Å². The minimum absolute atomic E-state index is 0.0542. The summed E-state index contributed by atoms with van der Waals surface area (Å²) < 4.78 is 29.9. The maximum absolute atomic E-state index is 11.6. The van der Waals surface area contributed by atoms with E-state index >= 15 is 0 Å². The van der Waals surface area contributed by atoms with E-state index in [0.717, 1.165) is 6.92 Å². The molecule has 0 radical (unpaired) electrons. The highest BCUT2D eigenvalue weighted by Gasteiger charge is 2.26. The molecule has 0 bridgehead atoms. The first-order chi connectivity index (χ1) is 9.27. The van der Waals surface area contributed by atoms with E-state index in [4.69, 9.17) is 5.11 Å². The van der Waals surface area contributed by atoms with E-state index in [1.807, 2.05) is 0 Å². The number of hydrogen-bond acceptors (Lipinski definition) is 5. The van der Waals surface area contributed by atoms with Gasteiger partial charge in [0.25, 0.3) is 0 Å². The fourth-order valence-electron chi connectivity index (χ4n) is 1.32. The van der Waals surface area contributed by atoms with Gasteiger partial charge in [-0.05, 0) is 24.6 Å². The number of aliphatic carboxylic acids is 1. The number of ether oxygens (including phenoxy) is 1. The smallest absolute Gasteiger partial charge is 0.337 e. The van der Waals surface area contributed by atoms with Crippen molar-refractivity contribution >= 4 is 22.0 Å². The van der Waals surface area contributed by atoms with Crippen LogP contribution in [0.25, 0.3) is 0 Å². The predicted molar refractivity (Wildman–Crippen MR) is 70.6 cm³/mol. The average Bonchev–Trinajstić information content (AvgIpc) is 2.44. The molecule has 2 N–H and O–H groups in total. The van der Waals surface area contributed by atoms with Crippen molar-refractivity contribution in [3.8, 4) is 0 Å². The van der Waals surface area contributed by atoms with E-state index in [2.05, 4.69) is 9.46 Å². The Morgan fingerprint density at radius 1 is 1.30 bits per heavy atom. The van der Waals surface area contributed by atoms with Crippen LogP contribution in [0.2, 0.25) is 0 Å². The largest absolute Gasteiger partial charge is 0.480 e. The van der Waals surface area contributed by atoms with Crippen LogP contribution in [0.3, 0.4) is 0 Å². The SMILES string of the molecule is COC(=O)c1ccc(CNS(=O)(=O)C(C)C(=O)O)cc1. The Morgan fingerprint density at radius 3 is 2.30 bits per heavy atom. The molecule has 20 heavy (non-hydrogen) atoms. The lowest BCUT2D eigenvalue weighted by Gasteiger charge is -2.10. The van der Waals surface area contributed by atoms with Crippen LogP contribution in [0, 0.1) is 0 Å². The number of benzene rings is 1. The standard InChI is InChI=1S/C12H15NO6S/c1-8(11(14)15)20(17,18)13-7-9-3-5-10(6-4-9)12(16)19-2/h3-6,8,13H,7H2,1-2H3,(H,14,15). The molecule has 0 heterocycles. The summed E-state index contributed by atoms with van der Waals surface area (Å²) in [6.45, 7) is 1.03. The summed E-state index contributed by atoms with van der Waals surface area (Å²) in [4.78, 5) is 21.8. The highest BCUT2D eigenvalue weighted by atomic mass is 32.2. The van der Waals surface area contributed by atoms with Gasteiger partial charge in [0, 0.05) is 6.54 Å². The molecule has 0 saturated carbocycles. The zero-order valence-electron chi connectivity index (χ0n) is 11.0. The Kier molecular flexibility index (Phi) is 5.23. The first-order valence-electron chi connectivity index (χ1n) is 5.66. The van der Waals surface area contributed by atoms with Gasteiger partial charge in [-0.3, -0.25) is 4.79 Å². The normalized spacial score (nSPS) is 12.7. The Bertz CT molecular complexity index is 593. The molecule has 0 fully saturated rings. The summed E-state index contributed by atoms with van der Waals surface area (Å²) >= 11 is 0. The van der Waals surface area contributed by atoms with Crippen molar-refractivity contribution in [3.05, 3.63) is 35.4 Å². The van der Waals surface area contributed by atoms with Crippen molar-refractivity contribution in [1.82, 2.24) is 4.72 Å². The van der Waals surface area contributed by atoms with Gasteiger partial charge in [0.2, 0.25) is 10.0 Å². The average molecular weight is 301 g/mol. The van der Waals surface area contributed by atoms with Gasteiger partial charge in [-0.15, -0.1) is 0 Å². The summed E-state index contributed by atoms with van der Waals surface area (Å²) in [5, 5.41) is 7.14. The molecule has 8 heteroatoms. The molecule has 0 spiro atoms. The Morgan fingerprint density at radius 2 is 1.85 bits per heavy atom. The van der Waals surface area contributed by atoms with Crippen LogP contribution in [0.4, 0.5) is 0 Å². The van der Waals surface area contributed by atoms with Crippen molar-refractivity contribution in [2.45, 2.75) is 18.7 Å². The fraction of sp³-hybridized carbons (Fsp3) is 0.333. The molecule has 1 aromatic carbocycles. The number of sulfonamides is 1. The van der Waals surface area contributed by atoms with Gasteiger partial charge >= 0.3 is 11.9 Å². The van der Waals surface area contributed by atoms with E-state index in [9.17, 15) is 18.0 Å².